The lowest BCUT2D eigenvalue weighted by Crippen LogP contribution is -2.50. The number of carbonyl (C=O) groups is 2. The Kier molecular flexibility index (Phi) is 12.8. The molecule has 4 atom stereocenters. The van der Waals surface area contributed by atoms with Crippen molar-refractivity contribution in [3.8, 4) is 5.75 Å². The zero-order chi connectivity index (χ0) is 38.7. The molecule has 0 aromatic heterocycles. The van der Waals surface area contributed by atoms with E-state index >= 15 is 4.39 Å². The summed E-state index contributed by atoms with van der Waals surface area (Å²) in [7, 11) is -1.53. The Morgan fingerprint density at radius 2 is 1.57 bits per heavy atom. The summed E-state index contributed by atoms with van der Waals surface area (Å²) in [5.74, 6) is -2.78. The predicted molar refractivity (Wildman–Crippen MR) is 186 cm³/mol. The average molecular weight is 774 g/mol. The Bertz CT molecular complexity index is 1620. The summed E-state index contributed by atoms with van der Waals surface area (Å²) >= 11 is 0. The number of piperidine rings is 1. The van der Waals surface area contributed by atoms with Crippen molar-refractivity contribution in [1.29, 1.82) is 0 Å². The Balaban J connectivity index is 0.00000101. The number of carbonyl (C=O) groups excluding carboxylic acids is 1. The highest BCUT2D eigenvalue weighted by Gasteiger charge is 2.57. The van der Waals surface area contributed by atoms with Gasteiger partial charge >= 0.3 is 20.0 Å². The molecule has 2 aromatic carbocycles. The first-order chi connectivity index (χ1) is 24.9. The van der Waals surface area contributed by atoms with Crippen LogP contribution >= 0.6 is 7.82 Å². The van der Waals surface area contributed by atoms with Crippen LogP contribution in [0.2, 0.25) is 0 Å². The summed E-state index contributed by atoms with van der Waals surface area (Å²) in [6.45, 7) is 1.60. The number of benzene rings is 2. The van der Waals surface area contributed by atoms with Gasteiger partial charge in [-0.3, -0.25) is 14.5 Å². The van der Waals surface area contributed by atoms with Gasteiger partial charge in [0.25, 0.3) is 5.91 Å². The molecule has 3 saturated heterocycles. The lowest BCUT2D eigenvalue weighted by molar-refractivity contribution is -0.143. The Morgan fingerprint density at radius 1 is 0.943 bits per heavy atom. The number of aliphatic carboxylic acids is 1. The molecule has 6 rings (SSSR count). The van der Waals surface area contributed by atoms with Gasteiger partial charge in [-0.15, -0.1) is 0 Å². The smallest absolute Gasteiger partial charge is 0.466 e. The van der Waals surface area contributed by atoms with E-state index in [9.17, 15) is 27.9 Å². The molecule has 12 nitrogen and oxygen atoms in total. The van der Waals surface area contributed by atoms with Gasteiger partial charge < -0.3 is 39.1 Å². The molecule has 17 heteroatoms. The molecule has 3 aliphatic heterocycles. The number of halogens is 4. The van der Waals surface area contributed by atoms with Gasteiger partial charge in [-0.05, 0) is 61.1 Å². The fraction of sp³-hybridized carbons (Fsp3) is 0.611. The molecule has 4 aliphatic rings. The second kappa shape index (κ2) is 16.6. The molecule has 4 fully saturated rings. The van der Waals surface area contributed by atoms with Crippen molar-refractivity contribution in [2.45, 2.75) is 68.2 Å². The number of carboxylic acids is 1. The van der Waals surface area contributed by atoms with Gasteiger partial charge in [-0.1, -0.05) is 31.0 Å². The number of carboxylic acid groups (broad SMARTS) is 1. The minimum absolute atomic E-state index is 0.00659. The third kappa shape index (κ3) is 9.70. The van der Waals surface area contributed by atoms with Crippen molar-refractivity contribution < 1.29 is 61.0 Å². The number of rotatable bonds is 9. The van der Waals surface area contributed by atoms with Crippen molar-refractivity contribution in [3.05, 3.63) is 59.2 Å². The number of anilines is 1. The molecule has 1 saturated carbocycles. The van der Waals surface area contributed by atoms with E-state index in [-0.39, 0.29) is 38.2 Å². The number of nitrogens with zero attached hydrogens (tertiary/aromatic N) is 3. The summed E-state index contributed by atoms with van der Waals surface area (Å²) in [6, 6.07) is 11.1. The summed E-state index contributed by atoms with van der Waals surface area (Å²) in [5, 5.41) is 9.49. The summed E-state index contributed by atoms with van der Waals surface area (Å²) in [6.07, 6.45) is 0.173. The molecule has 294 valence electrons. The molecular formula is C36H48F4N3O9P. The number of amides is 1. The van der Waals surface area contributed by atoms with Crippen LogP contribution in [0.25, 0.3) is 0 Å². The van der Waals surface area contributed by atoms with Gasteiger partial charge in [0.15, 0.2) is 0 Å². The quantitative estimate of drug-likeness (QED) is 0.200. The molecule has 0 unspecified atom stereocenters. The molecule has 3 heterocycles. The van der Waals surface area contributed by atoms with Crippen molar-refractivity contribution >= 4 is 25.4 Å². The largest absolute Gasteiger partial charge is 0.497 e. The van der Waals surface area contributed by atoms with Gasteiger partial charge in [0.05, 0.1) is 25.2 Å². The Hall–Kier alpha value is -3.27. The van der Waals surface area contributed by atoms with Crippen LogP contribution in [0.5, 0.6) is 5.75 Å². The molecule has 0 radical (unpaired) electrons. The summed E-state index contributed by atoms with van der Waals surface area (Å²) < 4.78 is 79.2. The summed E-state index contributed by atoms with van der Waals surface area (Å²) in [5.41, 5.74) is -1.24. The van der Waals surface area contributed by atoms with Crippen molar-refractivity contribution in [1.82, 2.24) is 9.80 Å². The molecule has 2 aromatic rings. The average Bonchev–Trinajstić information content (AvgIpc) is 3.87. The first-order valence-corrected chi connectivity index (χ1v) is 19.3. The van der Waals surface area contributed by atoms with E-state index in [0.717, 1.165) is 43.4 Å². The van der Waals surface area contributed by atoms with Crippen LogP contribution in [0.15, 0.2) is 42.5 Å². The van der Waals surface area contributed by atoms with Gasteiger partial charge in [-0.2, -0.15) is 13.2 Å². The van der Waals surface area contributed by atoms with Crippen LogP contribution in [0.3, 0.4) is 0 Å². The van der Waals surface area contributed by atoms with Gasteiger partial charge in [0, 0.05) is 75.9 Å². The lowest BCUT2D eigenvalue weighted by atomic mass is 9.85. The zero-order valence-corrected chi connectivity index (χ0v) is 30.6. The normalized spacial score (nSPS) is 26.1. The van der Waals surface area contributed by atoms with E-state index in [0.29, 0.717) is 49.5 Å². The molecule has 4 N–H and O–H groups in total. The Labute approximate surface area is 305 Å². The summed E-state index contributed by atoms with van der Waals surface area (Å²) in [4.78, 5) is 53.1. The van der Waals surface area contributed by atoms with Gasteiger partial charge in [-0.25, -0.2) is 8.96 Å². The number of hydrogen-bond acceptors (Lipinski definition) is 7. The third-order valence-electron chi connectivity index (χ3n) is 11.2. The monoisotopic (exact) mass is 773 g/mol. The highest BCUT2D eigenvalue weighted by Crippen LogP contribution is 2.47. The maximum absolute atomic E-state index is 17.6. The van der Waals surface area contributed by atoms with E-state index < -0.39 is 54.9 Å². The predicted octanol–water partition coefficient (Wildman–Crippen LogP) is 5.03. The number of likely N-dealkylation sites (tertiary alicyclic amines) is 2. The number of phosphoric acid groups is 1. The van der Waals surface area contributed by atoms with Gasteiger partial charge in [0.2, 0.25) is 5.67 Å². The molecule has 0 bridgehead atoms. The van der Waals surface area contributed by atoms with Crippen LogP contribution in [0.1, 0.15) is 67.1 Å². The van der Waals surface area contributed by atoms with Crippen LogP contribution < -0.4 is 9.64 Å². The van der Waals surface area contributed by atoms with Crippen molar-refractivity contribution in [2.75, 3.05) is 65.0 Å². The second-order valence-corrected chi connectivity index (χ2v) is 15.5. The second-order valence-electron chi connectivity index (χ2n) is 14.5. The topological polar surface area (TPSA) is 160 Å². The number of methoxy groups -OCH3 is 2. The van der Waals surface area contributed by atoms with Crippen LogP contribution in [0.4, 0.5) is 23.2 Å². The number of alkyl halides is 4. The number of ether oxygens (including phenoxy) is 2. The zero-order valence-electron chi connectivity index (χ0n) is 29.8. The first kappa shape index (κ1) is 40.9. The lowest BCUT2D eigenvalue weighted by Gasteiger charge is -2.35. The highest BCUT2D eigenvalue weighted by molar-refractivity contribution is 7.45. The fourth-order valence-corrected chi connectivity index (χ4v) is 8.53. The molecular weight excluding hydrogens is 725 g/mol. The van der Waals surface area contributed by atoms with Crippen LogP contribution in [-0.2, 0) is 25.1 Å². The van der Waals surface area contributed by atoms with E-state index in [2.05, 4.69) is 4.90 Å². The third-order valence-corrected chi connectivity index (χ3v) is 11.2. The SMILES string of the molecule is COC[C@H]1CN(C(=O)[C@]2(F)CN(C3CCCC3)C[C@H]2c2ccc(OC)cc2)C[C@@H]1c1ccc(C(F)(F)F)cc1N1CCC(C(=O)O)CC1.O=P(O)(O)O. The standard InChI is InChI=1S/C36H45F4N3O5.H3O4P/c1-47-21-25-18-42(19-30(25)29-12-9-26(36(38,39)40)17-32(29)41-15-13-24(14-16-41)33(44)45)34(46)35(37)22-43(27-5-3-4-6-27)20-31(35)23-7-10-28(48-2)11-8-23;1-5(2,3)4/h7-12,17,24-25,27,30-31H,3-6,13-16,18-22H2,1-2H3,(H,44,45);(H3,1,2,3,4)/t25-,30+,31+,35+;/m1./s1. The molecule has 0 spiro atoms. The van der Waals surface area contributed by atoms with Gasteiger partial charge in [0.1, 0.15) is 5.75 Å². The maximum Gasteiger partial charge on any atom is 0.466 e. The maximum atomic E-state index is 17.6. The van der Waals surface area contributed by atoms with E-state index in [1.807, 2.05) is 17.0 Å². The van der Waals surface area contributed by atoms with Crippen molar-refractivity contribution in [2.24, 2.45) is 11.8 Å². The number of hydrogen-bond donors (Lipinski definition) is 4. The molecule has 1 amide bonds. The van der Waals surface area contributed by atoms with E-state index in [1.54, 1.807) is 31.3 Å². The molecule has 53 heavy (non-hydrogen) atoms. The van der Waals surface area contributed by atoms with E-state index in [1.165, 1.54) is 6.07 Å². The van der Waals surface area contributed by atoms with Crippen LogP contribution in [-0.4, -0.2) is 113 Å². The Morgan fingerprint density at radius 3 is 2.11 bits per heavy atom. The van der Waals surface area contributed by atoms with E-state index in [4.69, 9.17) is 28.7 Å². The molecule has 1 aliphatic carbocycles. The minimum Gasteiger partial charge on any atom is -0.497 e. The van der Waals surface area contributed by atoms with Crippen LogP contribution in [0, 0.1) is 11.8 Å². The van der Waals surface area contributed by atoms with Crippen molar-refractivity contribution in [3.63, 3.8) is 0 Å². The minimum atomic E-state index is -4.64. The fourth-order valence-electron chi connectivity index (χ4n) is 8.53. The highest BCUT2D eigenvalue weighted by atomic mass is 31.2. The first-order valence-electron chi connectivity index (χ1n) is 17.7.